The Hall–Kier alpha value is -4.28. The number of hydrogen-bond acceptors (Lipinski definition) is 8. The van der Waals surface area contributed by atoms with Crippen LogP contribution in [0.2, 0.25) is 5.02 Å². The summed E-state index contributed by atoms with van der Waals surface area (Å²) in [5.41, 5.74) is 2.95. The highest BCUT2D eigenvalue weighted by Crippen LogP contribution is 2.40. The fraction of sp³-hybridized carbons (Fsp3) is 0.500. The van der Waals surface area contributed by atoms with Crippen LogP contribution in [0.15, 0.2) is 58.3 Å². The van der Waals surface area contributed by atoms with Crippen molar-refractivity contribution in [1.82, 2.24) is 9.55 Å². The van der Waals surface area contributed by atoms with Gasteiger partial charge in [-0.1, -0.05) is 71.2 Å². The average Bonchev–Trinajstić information content (AvgIpc) is 3.44. The molecular weight excluding hydrogens is 690 g/mol. The number of benzene rings is 2. The molecule has 3 aromatic rings. The molecule has 53 heavy (non-hydrogen) atoms. The number of likely N-dealkylation sites (N-methyl/N-ethyl adjacent to an activating group) is 1. The number of aliphatic imine (C=N–C) groups is 1. The lowest BCUT2D eigenvalue weighted by Gasteiger charge is -2.37. The van der Waals surface area contributed by atoms with E-state index in [0.29, 0.717) is 47.3 Å². The van der Waals surface area contributed by atoms with Gasteiger partial charge in [0.2, 0.25) is 5.91 Å². The molecule has 2 N–H and O–H groups in total. The number of carbonyl (C=O) groups is 2. The summed E-state index contributed by atoms with van der Waals surface area (Å²) in [4.78, 5) is 54.3. The zero-order valence-electron chi connectivity index (χ0n) is 32.1. The van der Waals surface area contributed by atoms with E-state index >= 15 is 0 Å². The lowest BCUT2D eigenvalue weighted by atomic mass is 9.75. The summed E-state index contributed by atoms with van der Waals surface area (Å²) in [6.45, 7) is 15.7. The van der Waals surface area contributed by atoms with Gasteiger partial charge in [0, 0.05) is 41.4 Å². The lowest BCUT2D eigenvalue weighted by Crippen LogP contribution is -2.37. The first-order valence-corrected chi connectivity index (χ1v) is 19.5. The SMILES string of the molecule is CCCCC(CC)C(=O)Nc1cc(=O)n2c(n1)C(C(=O)OC1C(C)CC(C)CC1C)=C(c1ccc(Cl)cc1)C2=Nc1ccc(N(CC)CCO)cc1C. The van der Waals surface area contributed by atoms with Crippen molar-refractivity contribution in [3.05, 3.63) is 80.9 Å². The predicted molar refractivity (Wildman–Crippen MR) is 214 cm³/mol. The molecule has 10 nitrogen and oxygen atoms in total. The van der Waals surface area contributed by atoms with Gasteiger partial charge >= 0.3 is 5.97 Å². The number of anilines is 2. The number of nitrogens with one attached hydrogen (secondary N) is 1. The van der Waals surface area contributed by atoms with Crippen LogP contribution in [0.4, 0.5) is 17.2 Å². The van der Waals surface area contributed by atoms with Crippen LogP contribution in [0.25, 0.3) is 11.1 Å². The number of halogens is 1. The smallest absolute Gasteiger partial charge is 0.343 e. The molecule has 5 rings (SSSR count). The molecule has 1 fully saturated rings. The number of aryl methyl sites for hydroxylation is 1. The fourth-order valence-corrected chi connectivity index (χ4v) is 8.04. The van der Waals surface area contributed by atoms with Crippen LogP contribution < -0.4 is 15.8 Å². The second-order valence-corrected chi connectivity index (χ2v) is 15.2. The number of esters is 1. The second-order valence-electron chi connectivity index (χ2n) is 14.7. The topological polar surface area (TPSA) is 126 Å². The molecule has 1 aliphatic heterocycles. The Balaban J connectivity index is 1.72. The van der Waals surface area contributed by atoms with E-state index in [1.165, 1.54) is 10.6 Å². The molecule has 1 amide bonds. The molecule has 0 bridgehead atoms. The number of ether oxygens (including phenoxy) is 1. The fourth-order valence-electron chi connectivity index (χ4n) is 7.92. The molecule has 284 valence electrons. The zero-order chi connectivity index (χ0) is 38.4. The summed E-state index contributed by atoms with van der Waals surface area (Å²) >= 11 is 6.34. The number of hydrogen-bond donors (Lipinski definition) is 2. The highest BCUT2D eigenvalue weighted by atomic mass is 35.5. The van der Waals surface area contributed by atoms with Gasteiger partial charge in [-0.15, -0.1) is 0 Å². The van der Waals surface area contributed by atoms with Gasteiger partial charge in [-0.25, -0.2) is 19.3 Å². The minimum atomic E-state index is -0.605. The number of unbranched alkanes of at least 4 members (excludes halogenated alkanes) is 1. The second kappa shape index (κ2) is 17.7. The van der Waals surface area contributed by atoms with Crippen LogP contribution in [0.3, 0.4) is 0 Å². The third kappa shape index (κ3) is 8.92. The first-order valence-electron chi connectivity index (χ1n) is 19.1. The third-order valence-corrected chi connectivity index (χ3v) is 10.9. The Labute approximate surface area is 318 Å². The van der Waals surface area contributed by atoms with E-state index in [1.54, 1.807) is 24.3 Å². The molecule has 2 aromatic carbocycles. The number of amides is 1. The van der Waals surface area contributed by atoms with Crippen molar-refractivity contribution >= 4 is 57.7 Å². The quantitative estimate of drug-likeness (QED) is 0.159. The maximum atomic E-state index is 14.7. The van der Waals surface area contributed by atoms with Crippen molar-refractivity contribution in [3.8, 4) is 0 Å². The Morgan fingerprint density at radius 3 is 2.38 bits per heavy atom. The molecule has 0 spiro atoms. The van der Waals surface area contributed by atoms with Crippen molar-refractivity contribution in [2.24, 2.45) is 28.7 Å². The number of allylic oxidation sites excluding steroid dienone is 1. The summed E-state index contributed by atoms with van der Waals surface area (Å²) in [5.74, 6) is 0.0756. The molecule has 0 radical (unpaired) electrons. The maximum Gasteiger partial charge on any atom is 0.343 e. The monoisotopic (exact) mass is 743 g/mol. The minimum Gasteiger partial charge on any atom is -0.458 e. The van der Waals surface area contributed by atoms with Gasteiger partial charge in [-0.2, -0.15) is 0 Å². The number of aliphatic hydroxyl groups is 1. The Bertz CT molecular complexity index is 1910. The van der Waals surface area contributed by atoms with E-state index in [4.69, 9.17) is 26.3 Å². The Kier molecular flexibility index (Phi) is 13.3. The molecule has 3 atom stereocenters. The largest absolute Gasteiger partial charge is 0.458 e. The first kappa shape index (κ1) is 39.9. The lowest BCUT2D eigenvalue weighted by molar-refractivity contribution is -0.150. The van der Waals surface area contributed by atoms with Crippen molar-refractivity contribution in [2.45, 2.75) is 93.1 Å². The highest BCUT2D eigenvalue weighted by molar-refractivity contribution is 6.44. The van der Waals surface area contributed by atoms with Gasteiger partial charge in [-0.05, 0) is 98.7 Å². The molecule has 2 aliphatic rings. The number of carbonyl (C=O) groups excluding carboxylic acids is 2. The zero-order valence-corrected chi connectivity index (χ0v) is 32.9. The molecule has 2 heterocycles. The van der Waals surface area contributed by atoms with E-state index in [1.807, 2.05) is 39.0 Å². The van der Waals surface area contributed by atoms with E-state index in [2.05, 4.69) is 37.9 Å². The maximum absolute atomic E-state index is 14.7. The molecular formula is C42H54ClN5O5. The van der Waals surface area contributed by atoms with Gasteiger partial charge in [0.1, 0.15) is 17.5 Å². The highest BCUT2D eigenvalue weighted by Gasteiger charge is 2.40. The molecule has 1 saturated carbocycles. The van der Waals surface area contributed by atoms with Gasteiger partial charge in [0.05, 0.1) is 12.3 Å². The number of aliphatic hydroxyl groups excluding tert-OH is 1. The normalized spacial score (nSPS) is 21.0. The summed E-state index contributed by atoms with van der Waals surface area (Å²) in [6, 6.07) is 14.1. The van der Waals surface area contributed by atoms with Gasteiger partial charge in [-0.3, -0.25) is 9.59 Å². The molecule has 1 aliphatic carbocycles. The number of aromatic nitrogens is 2. The third-order valence-electron chi connectivity index (χ3n) is 10.6. The first-order chi connectivity index (χ1) is 25.4. The number of nitrogens with zero attached hydrogens (tertiary/aromatic N) is 4. The number of fused-ring (bicyclic) bond motifs is 1. The molecule has 0 saturated heterocycles. The Morgan fingerprint density at radius 2 is 1.77 bits per heavy atom. The van der Waals surface area contributed by atoms with Crippen molar-refractivity contribution in [3.63, 3.8) is 0 Å². The molecule has 1 aromatic heterocycles. The van der Waals surface area contributed by atoms with Crippen molar-refractivity contribution in [1.29, 1.82) is 0 Å². The van der Waals surface area contributed by atoms with E-state index in [9.17, 15) is 19.5 Å². The van der Waals surface area contributed by atoms with E-state index in [-0.39, 0.29) is 59.4 Å². The summed E-state index contributed by atoms with van der Waals surface area (Å²) in [5, 5.41) is 13.0. The van der Waals surface area contributed by atoms with Crippen LogP contribution in [0, 0.1) is 30.6 Å². The van der Waals surface area contributed by atoms with Crippen molar-refractivity contribution < 1.29 is 19.4 Å². The van der Waals surface area contributed by atoms with Crippen molar-refractivity contribution in [2.75, 3.05) is 29.9 Å². The van der Waals surface area contributed by atoms with Crippen LogP contribution in [0.1, 0.15) is 97.0 Å². The summed E-state index contributed by atoms with van der Waals surface area (Å²) in [6.07, 6.45) is 4.78. The Morgan fingerprint density at radius 1 is 1.08 bits per heavy atom. The minimum absolute atomic E-state index is 0.0233. The standard InChI is InChI=1S/C42H54ClN5O5/c1-8-11-12-29(9-2)41(51)46-34-24-35(50)48-39(44-33-18-17-32(23-26(33)5)47(10-3)19-20-49)36(30-13-15-31(43)16-14-30)37(40(48)45-34)42(52)53-38-27(6)21-25(4)22-28(38)7/h13-18,23-25,27-29,38,49H,8-12,19-22H2,1-7H3,(H,46,51). The van der Waals surface area contributed by atoms with Crippen LogP contribution in [-0.4, -0.2) is 58.2 Å². The van der Waals surface area contributed by atoms with Crippen LogP contribution in [0.5, 0.6) is 0 Å². The van der Waals surface area contributed by atoms with Gasteiger partial charge in [0.25, 0.3) is 5.56 Å². The van der Waals surface area contributed by atoms with E-state index in [0.717, 1.165) is 43.4 Å². The van der Waals surface area contributed by atoms with Crippen LogP contribution in [-0.2, 0) is 14.3 Å². The van der Waals surface area contributed by atoms with Gasteiger partial charge < -0.3 is 20.1 Å². The van der Waals surface area contributed by atoms with E-state index < -0.39 is 11.5 Å². The van der Waals surface area contributed by atoms with Crippen LogP contribution >= 0.6 is 11.6 Å². The summed E-state index contributed by atoms with van der Waals surface area (Å²) < 4.78 is 7.74. The average molecular weight is 744 g/mol. The predicted octanol–water partition coefficient (Wildman–Crippen LogP) is 8.30. The number of rotatable bonds is 14. The summed E-state index contributed by atoms with van der Waals surface area (Å²) in [7, 11) is 0. The molecule has 11 heteroatoms. The molecule has 3 unspecified atom stereocenters. The van der Waals surface area contributed by atoms with Gasteiger partial charge in [0.15, 0.2) is 11.7 Å².